The zero-order valence-corrected chi connectivity index (χ0v) is 29.5. The van der Waals surface area contributed by atoms with Gasteiger partial charge >= 0.3 is 0 Å². The molecule has 1 fully saturated rings. The molecule has 24 heteroatoms. The number of fused-ring (bicyclic) bond motifs is 1. The minimum atomic E-state index is -3.82. The van der Waals surface area contributed by atoms with Gasteiger partial charge in [-0.05, 0) is 62.2 Å². The standard InChI is InChI=1S/C10H14N2O4S2.C9H10N2O3S2.C4H6N4O3S2/c11-18(15,16)10-5-3-9(4-6-10)12-7-1-2-8-17(12,13)14;1-2-14-6-3-4-7-8(5-6)15-9(11-7)16(10,12)13;1-2(9)6-3-7-8-4(12-3)13(5,10)11/h3-6H,1-2,7-8H2,(H2,11,15,16);3-5H,2H2,1H3,(H2,10,12,13);1H3,(H2,5,10,11)(H,6,7,9). The fourth-order valence-electron chi connectivity index (χ4n) is 3.67. The number of benzene rings is 2. The molecule has 4 aromatic rings. The van der Waals surface area contributed by atoms with Crippen molar-refractivity contribution >= 4 is 89.7 Å². The predicted molar refractivity (Wildman–Crippen MR) is 176 cm³/mol. The Balaban J connectivity index is 0.000000194. The maximum atomic E-state index is 11.8. The summed E-state index contributed by atoms with van der Waals surface area (Å²) in [5.74, 6) is 0.473. The zero-order chi connectivity index (χ0) is 35.2. The molecule has 1 aliphatic rings. The molecule has 0 unspecified atom stereocenters. The Bertz CT molecular complexity index is 2170. The SMILES string of the molecule is CC(=O)Nc1nnc(S(N)(=O)=O)s1.CCOc1ccc2nc(S(N)(=O)=O)sc2c1.NS(=O)(=O)c1ccc(N2CCCCS2(=O)=O)cc1. The van der Waals surface area contributed by atoms with Crippen LogP contribution < -0.4 is 29.8 Å². The third-order valence-electron chi connectivity index (χ3n) is 5.63. The van der Waals surface area contributed by atoms with Crippen LogP contribution in [0.5, 0.6) is 5.75 Å². The fourth-order valence-corrected chi connectivity index (χ4v) is 8.89. The molecule has 0 atom stereocenters. The van der Waals surface area contributed by atoms with Crippen molar-refractivity contribution in [3.63, 3.8) is 0 Å². The Kier molecular flexibility index (Phi) is 12.4. The van der Waals surface area contributed by atoms with Crippen LogP contribution >= 0.6 is 22.7 Å². The Labute approximate surface area is 279 Å². The van der Waals surface area contributed by atoms with E-state index >= 15 is 0 Å². The minimum Gasteiger partial charge on any atom is -0.494 e. The van der Waals surface area contributed by atoms with Crippen molar-refractivity contribution in [2.75, 3.05) is 28.5 Å². The molecule has 2 aromatic carbocycles. The second kappa shape index (κ2) is 15.2. The minimum absolute atomic E-state index is 0.0272. The Morgan fingerprint density at radius 1 is 0.915 bits per heavy atom. The average Bonchev–Trinajstić information content (AvgIpc) is 3.60. The number of hydrogen-bond acceptors (Lipinski definition) is 15. The van der Waals surface area contributed by atoms with Gasteiger partial charge in [0.15, 0.2) is 0 Å². The molecule has 0 radical (unpaired) electrons. The van der Waals surface area contributed by atoms with Crippen LogP contribution in [-0.2, 0) is 44.9 Å². The van der Waals surface area contributed by atoms with Crippen LogP contribution in [0.25, 0.3) is 10.2 Å². The van der Waals surface area contributed by atoms with Crippen LogP contribution in [0.2, 0.25) is 0 Å². The number of anilines is 2. The number of aromatic nitrogens is 3. The van der Waals surface area contributed by atoms with Gasteiger partial charge in [0, 0.05) is 13.5 Å². The molecule has 0 aliphatic carbocycles. The molecule has 3 heterocycles. The summed E-state index contributed by atoms with van der Waals surface area (Å²) in [6.45, 7) is 4.15. The highest BCUT2D eigenvalue weighted by Gasteiger charge is 2.26. The van der Waals surface area contributed by atoms with Crippen LogP contribution in [0.15, 0.2) is 56.0 Å². The van der Waals surface area contributed by atoms with Crippen LogP contribution in [0.1, 0.15) is 26.7 Å². The number of ether oxygens (including phenoxy) is 1. The summed E-state index contributed by atoms with van der Waals surface area (Å²) in [7, 11) is -14.6. The Morgan fingerprint density at radius 2 is 1.55 bits per heavy atom. The van der Waals surface area contributed by atoms with E-state index in [0.29, 0.717) is 47.9 Å². The highest BCUT2D eigenvalue weighted by Crippen LogP contribution is 2.28. The summed E-state index contributed by atoms with van der Waals surface area (Å²) < 4.78 is 96.5. The molecular formula is C23H30N8O10S6. The topological polar surface area (TPSA) is 295 Å². The molecule has 1 aliphatic heterocycles. The van der Waals surface area contributed by atoms with E-state index in [1.807, 2.05) is 6.92 Å². The van der Waals surface area contributed by atoms with Crippen molar-refractivity contribution in [3.05, 3.63) is 42.5 Å². The maximum absolute atomic E-state index is 11.8. The number of nitrogens with two attached hydrogens (primary N) is 3. The number of amides is 1. The third kappa shape index (κ3) is 11.1. The van der Waals surface area contributed by atoms with Gasteiger partial charge in [-0.15, -0.1) is 21.5 Å². The largest absolute Gasteiger partial charge is 0.494 e. The van der Waals surface area contributed by atoms with Crippen molar-refractivity contribution < 1.29 is 43.2 Å². The second-order valence-electron chi connectivity index (χ2n) is 9.32. The van der Waals surface area contributed by atoms with Crippen LogP contribution in [0.3, 0.4) is 0 Å². The van der Waals surface area contributed by atoms with Gasteiger partial charge in [-0.1, -0.05) is 11.3 Å². The lowest BCUT2D eigenvalue weighted by molar-refractivity contribution is -0.114. The van der Waals surface area contributed by atoms with Gasteiger partial charge in [0.05, 0.1) is 33.2 Å². The van der Waals surface area contributed by atoms with Gasteiger partial charge in [0.1, 0.15) is 5.75 Å². The summed E-state index contributed by atoms with van der Waals surface area (Å²) in [6, 6.07) is 10.8. The number of rotatable bonds is 7. The first-order valence-corrected chi connectivity index (χ1v) is 20.9. The average molecular weight is 771 g/mol. The molecule has 1 amide bonds. The molecule has 7 N–H and O–H groups in total. The first kappa shape index (κ1) is 38.1. The van der Waals surface area contributed by atoms with Crippen LogP contribution in [-0.4, -0.2) is 73.7 Å². The van der Waals surface area contributed by atoms with Gasteiger partial charge < -0.3 is 10.1 Å². The van der Waals surface area contributed by atoms with Gasteiger partial charge in [-0.25, -0.2) is 54.1 Å². The van der Waals surface area contributed by atoms with Gasteiger partial charge in [0.25, 0.3) is 20.0 Å². The number of thiazole rings is 1. The fraction of sp³-hybridized carbons (Fsp3) is 0.304. The Morgan fingerprint density at radius 3 is 2.06 bits per heavy atom. The van der Waals surface area contributed by atoms with E-state index < -0.39 is 40.1 Å². The molecule has 1 saturated heterocycles. The normalized spacial score (nSPS) is 14.7. The summed E-state index contributed by atoms with van der Waals surface area (Å²) in [4.78, 5) is 14.4. The first-order chi connectivity index (χ1) is 21.7. The number of sulfonamides is 4. The van der Waals surface area contributed by atoms with Crippen molar-refractivity contribution in [1.82, 2.24) is 15.2 Å². The van der Waals surface area contributed by atoms with Gasteiger partial charge in [-0.3, -0.25) is 9.10 Å². The lowest BCUT2D eigenvalue weighted by atomic mass is 10.3. The molecule has 2 aromatic heterocycles. The summed E-state index contributed by atoms with van der Waals surface area (Å²) in [5.41, 5.74) is 1.08. The number of hydrogen-bond donors (Lipinski definition) is 4. The van der Waals surface area contributed by atoms with Crippen LogP contribution in [0, 0.1) is 0 Å². The van der Waals surface area contributed by atoms with Gasteiger partial charge in [-0.2, -0.15) is 0 Å². The molecule has 18 nitrogen and oxygen atoms in total. The first-order valence-electron chi connectivity index (χ1n) is 13.0. The smallest absolute Gasteiger partial charge is 0.267 e. The number of primary sulfonamides is 3. The maximum Gasteiger partial charge on any atom is 0.267 e. The third-order valence-corrected chi connectivity index (χ3v) is 12.9. The number of carbonyl (C=O) groups is 1. The monoisotopic (exact) mass is 770 g/mol. The molecule has 258 valence electrons. The zero-order valence-electron chi connectivity index (χ0n) is 24.6. The van der Waals surface area contributed by atoms with E-state index in [9.17, 15) is 38.5 Å². The lowest BCUT2D eigenvalue weighted by Crippen LogP contribution is -2.37. The lowest BCUT2D eigenvalue weighted by Gasteiger charge is -2.28. The van der Waals surface area contributed by atoms with Crippen LogP contribution in [0.4, 0.5) is 10.8 Å². The predicted octanol–water partition coefficient (Wildman–Crippen LogP) is 0.750. The molecule has 0 bridgehead atoms. The number of nitrogens with zero attached hydrogens (tertiary/aromatic N) is 4. The highest BCUT2D eigenvalue weighted by atomic mass is 32.3. The van der Waals surface area contributed by atoms with E-state index in [1.165, 1.54) is 35.5 Å². The molecule has 5 rings (SSSR count). The van der Waals surface area contributed by atoms with E-state index in [-0.39, 0.29) is 30.4 Å². The highest BCUT2D eigenvalue weighted by molar-refractivity contribution is 7.93. The molecular weight excluding hydrogens is 741 g/mol. The number of nitrogens with one attached hydrogen (secondary N) is 1. The van der Waals surface area contributed by atoms with Crippen molar-refractivity contribution in [2.45, 2.75) is 40.3 Å². The molecule has 0 spiro atoms. The summed E-state index contributed by atoms with van der Waals surface area (Å²) in [5, 5.41) is 23.8. The van der Waals surface area contributed by atoms with E-state index in [1.54, 1.807) is 18.2 Å². The second-order valence-corrected chi connectivity index (χ2v) is 18.4. The van der Waals surface area contributed by atoms with Gasteiger partial charge in [0.2, 0.25) is 39.8 Å². The van der Waals surface area contributed by atoms with E-state index in [2.05, 4.69) is 20.5 Å². The van der Waals surface area contributed by atoms with Crippen molar-refractivity contribution in [1.29, 1.82) is 0 Å². The number of carbonyl (C=O) groups excluding carboxylic acids is 1. The Hall–Kier alpha value is -3.36. The molecule has 0 saturated carbocycles. The summed E-state index contributed by atoms with van der Waals surface area (Å²) in [6.07, 6.45) is 1.46. The quantitative estimate of drug-likeness (QED) is 0.189. The summed E-state index contributed by atoms with van der Waals surface area (Å²) >= 11 is 1.74. The van der Waals surface area contributed by atoms with Crippen molar-refractivity contribution in [3.8, 4) is 5.75 Å². The molecule has 47 heavy (non-hydrogen) atoms. The van der Waals surface area contributed by atoms with E-state index in [0.717, 1.165) is 22.5 Å². The van der Waals surface area contributed by atoms with Crippen molar-refractivity contribution in [2.24, 2.45) is 15.4 Å². The van der Waals surface area contributed by atoms with E-state index in [4.69, 9.17) is 20.2 Å².